The molecule has 3 N–H and O–H groups in total. The van der Waals surface area contributed by atoms with Crippen molar-refractivity contribution in [1.29, 1.82) is 0 Å². The van der Waals surface area contributed by atoms with E-state index in [0.717, 1.165) is 10.6 Å². The molecule has 0 fully saturated rings. The number of carbonyl (C=O) groups excluding carboxylic acids is 2. The maximum absolute atomic E-state index is 12.6. The van der Waals surface area contributed by atoms with Crippen molar-refractivity contribution in [2.45, 2.75) is 45.6 Å². The van der Waals surface area contributed by atoms with Gasteiger partial charge in [0, 0.05) is 13.0 Å². The number of carboxylic acid groups (broad SMARTS) is 1. The number of hydrogen-bond donors (Lipinski definition) is 2. The van der Waals surface area contributed by atoms with Crippen LogP contribution in [0.2, 0.25) is 0 Å². The standard InChI is InChI=1S/C18H26N2O5/c1-18(2,3)25-17(24)14(12-13-8-5-4-6-9-13)16(23)20(19)11-7-10-15(21)22/h4-6,8-9,14H,7,10-12,19H2,1-3H3,(H,21,22)/t14-/m0/s1. The summed E-state index contributed by atoms with van der Waals surface area (Å²) in [6, 6.07) is 9.11. The summed E-state index contributed by atoms with van der Waals surface area (Å²) in [4.78, 5) is 35.6. The highest BCUT2D eigenvalue weighted by atomic mass is 16.6. The molecule has 25 heavy (non-hydrogen) atoms. The summed E-state index contributed by atoms with van der Waals surface area (Å²) < 4.78 is 5.35. The molecule has 1 atom stereocenters. The lowest BCUT2D eigenvalue weighted by Gasteiger charge is -2.26. The van der Waals surface area contributed by atoms with Gasteiger partial charge >= 0.3 is 11.9 Å². The molecule has 0 saturated heterocycles. The van der Waals surface area contributed by atoms with Gasteiger partial charge in [-0.3, -0.25) is 19.4 Å². The number of nitrogens with two attached hydrogens (primary N) is 1. The monoisotopic (exact) mass is 350 g/mol. The summed E-state index contributed by atoms with van der Waals surface area (Å²) in [6.45, 7) is 5.23. The van der Waals surface area contributed by atoms with Gasteiger partial charge in [-0.05, 0) is 39.2 Å². The number of aliphatic carboxylic acids is 1. The van der Waals surface area contributed by atoms with Crippen molar-refractivity contribution in [3.8, 4) is 0 Å². The van der Waals surface area contributed by atoms with Crippen LogP contribution in [0.3, 0.4) is 0 Å². The molecule has 0 aliphatic heterocycles. The zero-order chi connectivity index (χ0) is 19.0. The molecular formula is C18H26N2O5. The fourth-order valence-corrected chi connectivity index (χ4v) is 2.21. The van der Waals surface area contributed by atoms with E-state index in [4.69, 9.17) is 15.7 Å². The quantitative estimate of drug-likeness (QED) is 0.243. The average Bonchev–Trinajstić information content (AvgIpc) is 2.50. The Morgan fingerprint density at radius 3 is 2.32 bits per heavy atom. The molecule has 0 aliphatic rings. The van der Waals surface area contributed by atoms with Crippen LogP contribution in [0.1, 0.15) is 39.2 Å². The number of nitrogens with zero attached hydrogens (tertiary/aromatic N) is 1. The number of rotatable bonds is 8. The molecule has 1 rings (SSSR count). The van der Waals surface area contributed by atoms with Crippen molar-refractivity contribution in [3.05, 3.63) is 35.9 Å². The second-order valence-electron chi connectivity index (χ2n) is 6.80. The minimum absolute atomic E-state index is 0.0548. The van der Waals surface area contributed by atoms with Gasteiger partial charge in [-0.15, -0.1) is 0 Å². The van der Waals surface area contributed by atoms with Gasteiger partial charge in [-0.25, -0.2) is 5.84 Å². The van der Waals surface area contributed by atoms with E-state index >= 15 is 0 Å². The van der Waals surface area contributed by atoms with Crippen LogP contribution in [0.15, 0.2) is 30.3 Å². The van der Waals surface area contributed by atoms with Crippen LogP contribution in [0, 0.1) is 5.92 Å². The topological polar surface area (TPSA) is 110 Å². The van der Waals surface area contributed by atoms with Crippen LogP contribution < -0.4 is 5.84 Å². The van der Waals surface area contributed by atoms with Crippen LogP contribution in [0.5, 0.6) is 0 Å². The van der Waals surface area contributed by atoms with E-state index in [1.807, 2.05) is 30.3 Å². The molecule has 0 aliphatic carbocycles. The lowest BCUT2D eigenvalue weighted by molar-refractivity contribution is -0.165. The Bertz CT molecular complexity index is 595. The molecule has 0 radical (unpaired) electrons. The maximum atomic E-state index is 12.6. The van der Waals surface area contributed by atoms with Gasteiger partial charge in [0.1, 0.15) is 11.5 Å². The minimum Gasteiger partial charge on any atom is -0.481 e. The molecule has 0 bridgehead atoms. The highest BCUT2D eigenvalue weighted by molar-refractivity contribution is 5.98. The first-order valence-corrected chi connectivity index (χ1v) is 8.15. The van der Waals surface area contributed by atoms with Gasteiger partial charge in [-0.1, -0.05) is 30.3 Å². The number of hydrazine groups is 1. The highest BCUT2D eigenvalue weighted by Gasteiger charge is 2.33. The summed E-state index contributed by atoms with van der Waals surface area (Å²) in [5.74, 6) is 2.48. The third-order valence-corrected chi connectivity index (χ3v) is 3.34. The number of hydrogen-bond acceptors (Lipinski definition) is 5. The minimum atomic E-state index is -1.07. The largest absolute Gasteiger partial charge is 0.481 e. The van der Waals surface area contributed by atoms with Gasteiger partial charge < -0.3 is 9.84 Å². The smallest absolute Gasteiger partial charge is 0.319 e. The number of carboxylic acids is 1. The van der Waals surface area contributed by atoms with Crippen molar-refractivity contribution in [1.82, 2.24) is 5.01 Å². The first-order valence-electron chi connectivity index (χ1n) is 8.15. The third-order valence-electron chi connectivity index (χ3n) is 3.34. The zero-order valence-corrected chi connectivity index (χ0v) is 14.9. The molecule has 1 aromatic rings. The van der Waals surface area contributed by atoms with E-state index in [0.29, 0.717) is 0 Å². The summed E-state index contributed by atoms with van der Waals surface area (Å²) in [5.41, 5.74) is 0.0836. The van der Waals surface area contributed by atoms with E-state index in [-0.39, 0.29) is 25.8 Å². The fraction of sp³-hybridized carbons (Fsp3) is 0.500. The van der Waals surface area contributed by atoms with Crippen molar-refractivity contribution in [3.63, 3.8) is 0 Å². The van der Waals surface area contributed by atoms with Crippen LogP contribution in [-0.4, -0.2) is 40.1 Å². The van der Waals surface area contributed by atoms with Crippen LogP contribution >= 0.6 is 0 Å². The average molecular weight is 350 g/mol. The first kappa shape index (κ1) is 20.6. The third kappa shape index (κ3) is 7.80. The Hall–Kier alpha value is -2.41. The maximum Gasteiger partial charge on any atom is 0.319 e. The SMILES string of the molecule is CC(C)(C)OC(=O)[C@@H](Cc1ccccc1)C(=O)N(N)CCCC(=O)O. The van der Waals surface area contributed by atoms with Crippen molar-refractivity contribution >= 4 is 17.8 Å². The lowest BCUT2D eigenvalue weighted by Crippen LogP contribution is -2.46. The normalized spacial score (nSPS) is 12.3. The van der Waals surface area contributed by atoms with Crippen molar-refractivity contribution in [2.75, 3.05) is 6.54 Å². The molecular weight excluding hydrogens is 324 g/mol. The van der Waals surface area contributed by atoms with Gasteiger partial charge in [0.15, 0.2) is 0 Å². The van der Waals surface area contributed by atoms with E-state index in [2.05, 4.69) is 0 Å². The molecule has 0 heterocycles. The second-order valence-corrected chi connectivity index (χ2v) is 6.80. The number of ether oxygens (including phenoxy) is 1. The molecule has 1 amide bonds. The molecule has 1 aromatic carbocycles. The second kappa shape index (κ2) is 9.17. The van der Waals surface area contributed by atoms with Crippen LogP contribution in [0.4, 0.5) is 0 Å². The van der Waals surface area contributed by atoms with Gasteiger partial charge in [-0.2, -0.15) is 0 Å². The van der Waals surface area contributed by atoms with E-state index in [1.54, 1.807) is 20.8 Å². The fourth-order valence-electron chi connectivity index (χ4n) is 2.21. The Morgan fingerprint density at radius 2 is 1.80 bits per heavy atom. The number of amides is 1. The molecule has 0 saturated carbocycles. The predicted molar refractivity (Wildman–Crippen MR) is 92.3 cm³/mol. The van der Waals surface area contributed by atoms with E-state index in [9.17, 15) is 14.4 Å². The van der Waals surface area contributed by atoms with Gasteiger partial charge in [0.25, 0.3) is 5.91 Å². The number of carbonyl (C=O) groups is 3. The highest BCUT2D eigenvalue weighted by Crippen LogP contribution is 2.17. The first-order chi connectivity index (χ1) is 11.6. The number of esters is 1. The molecule has 7 heteroatoms. The van der Waals surface area contributed by atoms with Gasteiger partial charge in [0.2, 0.25) is 0 Å². The number of benzene rings is 1. The zero-order valence-electron chi connectivity index (χ0n) is 14.9. The molecule has 0 aromatic heterocycles. The van der Waals surface area contributed by atoms with E-state index in [1.165, 1.54) is 0 Å². The summed E-state index contributed by atoms with van der Waals surface area (Å²) >= 11 is 0. The molecule has 0 unspecified atom stereocenters. The summed E-state index contributed by atoms with van der Waals surface area (Å²) in [7, 11) is 0. The van der Waals surface area contributed by atoms with Crippen molar-refractivity contribution in [2.24, 2.45) is 11.8 Å². The van der Waals surface area contributed by atoms with Crippen LogP contribution in [-0.2, 0) is 25.5 Å². The summed E-state index contributed by atoms with van der Waals surface area (Å²) in [5, 5.41) is 9.57. The Balaban J connectivity index is 2.86. The Labute approximate surface area is 147 Å². The van der Waals surface area contributed by atoms with Crippen LogP contribution in [0.25, 0.3) is 0 Å². The Kier molecular flexibility index (Phi) is 7.57. The molecule has 0 spiro atoms. The molecule has 7 nitrogen and oxygen atoms in total. The molecule has 138 valence electrons. The van der Waals surface area contributed by atoms with E-state index < -0.39 is 29.4 Å². The predicted octanol–water partition coefficient (Wildman–Crippen LogP) is 1.75. The Morgan fingerprint density at radius 1 is 1.20 bits per heavy atom. The van der Waals surface area contributed by atoms with Crippen molar-refractivity contribution < 1.29 is 24.2 Å². The summed E-state index contributed by atoms with van der Waals surface area (Å²) in [6.07, 6.45) is 0.280. The van der Waals surface area contributed by atoms with Gasteiger partial charge in [0.05, 0.1) is 0 Å². The lowest BCUT2D eigenvalue weighted by atomic mass is 9.97.